The van der Waals surface area contributed by atoms with Crippen LogP contribution in [-0.4, -0.2) is 10.2 Å². The number of allylic oxidation sites excluding steroid dienone is 1. The van der Waals surface area contributed by atoms with Crippen LogP contribution in [0.1, 0.15) is 20.8 Å². The molecule has 2 rings (SSSR count). The zero-order valence-corrected chi connectivity index (χ0v) is 11.3. The Kier molecular flexibility index (Phi) is 5.65. The second-order valence-electron chi connectivity index (χ2n) is 3.46. The van der Waals surface area contributed by atoms with E-state index in [2.05, 4.69) is 35.0 Å². The average molecular weight is 240 g/mol. The van der Waals surface area contributed by atoms with Crippen LogP contribution in [0.5, 0.6) is 0 Å². The van der Waals surface area contributed by atoms with Crippen LogP contribution in [0, 0.1) is 0 Å². The molecular formula is C16H20N2. The van der Waals surface area contributed by atoms with E-state index in [-0.39, 0.29) is 0 Å². The summed E-state index contributed by atoms with van der Waals surface area (Å²) in [5.74, 6) is 0. The summed E-state index contributed by atoms with van der Waals surface area (Å²) in [5, 5.41) is 9.47. The lowest BCUT2D eigenvalue weighted by Crippen LogP contribution is -2.22. The van der Waals surface area contributed by atoms with Crippen molar-refractivity contribution in [3.63, 3.8) is 0 Å². The molecule has 0 atom stereocenters. The molecule has 0 aliphatic carbocycles. The molecule has 0 radical (unpaired) electrons. The Balaban J connectivity index is 0.000000771. The molecule has 0 aliphatic rings. The van der Waals surface area contributed by atoms with Crippen molar-refractivity contribution < 1.29 is 0 Å². The molecule has 1 N–H and O–H groups in total. The van der Waals surface area contributed by atoms with Crippen LogP contribution in [0.3, 0.4) is 0 Å². The van der Waals surface area contributed by atoms with Gasteiger partial charge in [-0.2, -0.15) is 5.10 Å². The summed E-state index contributed by atoms with van der Waals surface area (Å²) in [6.45, 7) is 9.71. The summed E-state index contributed by atoms with van der Waals surface area (Å²) in [6.07, 6.45) is 5.74. The lowest BCUT2D eigenvalue weighted by molar-refractivity contribution is 1.07. The molecule has 0 saturated carbocycles. The van der Waals surface area contributed by atoms with Gasteiger partial charge < -0.3 is 0 Å². The number of aromatic nitrogens is 2. The van der Waals surface area contributed by atoms with Crippen LogP contribution >= 0.6 is 0 Å². The van der Waals surface area contributed by atoms with Gasteiger partial charge in [-0.3, -0.25) is 5.10 Å². The fraction of sp³-hybridized carbons (Fsp3) is 0.188. The van der Waals surface area contributed by atoms with Crippen LogP contribution in [-0.2, 0) is 0 Å². The van der Waals surface area contributed by atoms with Crippen LogP contribution in [0.15, 0.2) is 43.0 Å². The lowest BCUT2D eigenvalue weighted by Gasteiger charge is -1.94. The molecule has 0 spiro atoms. The fourth-order valence-electron chi connectivity index (χ4n) is 1.72. The van der Waals surface area contributed by atoms with Gasteiger partial charge in [0.2, 0.25) is 0 Å². The normalized spacial score (nSPS) is 11.9. The second-order valence-corrected chi connectivity index (χ2v) is 3.46. The molecule has 0 amide bonds. The van der Waals surface area contributed by atoms with E-state index in [9.17, 15) is 0 Å². The van der Waals surface area contributed by atoms with Gasteiger partial charge in [-0.15, -0.1) is 0 Å². The van der Waals surface area contributed by atoms with E-state index in [0.29, 0.717) is 0 Å². The van der Waals surface area contributed by atoms with E-state index in [0.717, 1.165) is 21.8 Å². The third kappa shape index (κ3) is 2.98. The summed E-state index contributed by atoms with van der Waals surface area (Å²) in [6, 6.07) is 10.1. The Bertz CT molecular complexity index is 592. The quantitative estimate of drug-likeness (QED) is 0.859. The highest BCUT2D eigenvalue weighted by Gasteiger charge is 2.02. The Labute approximate surface area is 108 Å². The maximum atomic E-state index is 4.34. The average Bonchev–Trinajstić information content (AvgIpc) is 2.85. The van der Waals surface area contributed by atoms with Crippen molar-refractivity contribution in [1.82, 2.24) is 10.2 Å². The Morgan fingerprint density at radius 2 is 1.83 bits per heavy atom. The van der Waals surface area contributed by atoms with Gasteiger partial charge in [0.1, 0.15) is 0 Å². The van der Waals surface area contributed by atoms with Crippen LogP contribution < -0.4 is 10.6 Å². The minimum Gasteiger partial charge on any atom is -0.277 e. The molecule has 0 aliphatic heterocycles. The van der Waals surface area contributed by atoms with Crippen molar-refractivity contribution in [1.29, 1.82) is 0 Å². The van der Waals surface area contributed by atoms with Gasteiger partial charge >= 0.3 is 0 Å². The molecule has 18 heavy (non-hydrogen) atoms. The van der Waals surface area contributed by atoms with Crippen molar-refractivity contribution in [2.45, 2.75) is 20.8 Å². The summed E-state index contributed by atoms with van der Waals surface area (Å²) < 4.78 is 0. The topological polar surface area (TPSA) is 28.7 Å². The van der Waals surface area contributed by atoms with Crippen LogP contribution in [0.25, 0.3) is 23.4 Å². The van der Waals surface area contributed by atoms with Crippen molar-refractivity contribution in [3.8, 4) is 11.3 Å². The smallest absolute Gasteiger partial charge is 0.0996 e. The monoisotopic (exact) mass is 240 g/mol. The number of nitrogens with zero attached hydrogens (tertiary/aromatic N) is 1. The number of nitrogens with one attached hydrogen (secondary N) is 1. The predicted molar refractivity (Wildman–Crippen MR) is 79.4 cm³/mol. The Hall–Kier alpha value is -2.09. The largest absolute Gasteiger partial charge is 0.277 e. The molecule has 0 fully saturated rings. The van der Waals surface area contributed by atoms with E-state index < -0.39 is 0 Å². The summed E-state index contributed by atoms with van der Waals surface area (Å²) in [5.41, 5.74) is 2.10. The van der Waals surface area contributed by atoms with Gasteiger partial charge in [0, 0.05) is 10.8 Å². The zero-order chi connectivity index (χ0) is 13.4. The van der Waals surface area contributed by atoms with E-state index >= 15 is 0 Å². The number of aromatic amines is 1. The van der Waals surface area contributed by atoms with Gasteiger partial charge in [0.25, 0.3) is 0 Å². The first-order valence-corrected chi connectivity index (χ1v) is 6.25. The minimum atomic E-state index is 0.983. The second kappa shape index (κ2) is 7.28. The molecule has 0 bridgehead atoms. The van der Waals surface area contributed by atoms with Crippen LogP contribution in [0.4, 0.5) is 0 Å². The fourth-order valence-corrected chi connectivity index (χ4v) is 1.72. The number of rotatable bonds is 2. The van der Waals surface area contributed by atoms with Gasteiger partial charge in [-0.05, 0) is 13.0 Å². The molecule has 2 heteroatoms. The maximum absolute atomic E-state index is 4.34. The number of benzene rings is 1. The molecule has 2 aromatic rings. The van der Waals surface area contributed by atoms with Gasteiger partial charge in [-0.1, -0.05) is 62.9 Å². The third-order valence-corrected chi connectivity index (χ3v) is 2.45. The first kappa shape index (κ1) is 14.0. The SMILES string of the molecule is C=C/C=c1/[nH]nc(-c2ccccc2)/c1=C/C.CC. The highest BCUT2D eigenvalue weighted by Crippen LogP contribution is 2.09. The number of hydrogen-bond acceptors (Lipinski definition) is 1. The predicted octanol–water partition coefficient (Wildman–Crippen LogP) is 2.87. The molecule has 0 saturated heterocycles. The molecule has 0 unspecified atom stereocenters. The van der Waals surface area contributed by atoms with Gasteiger partial charge in [-0.25, -0.2) is 0 Å². The standard InChI is InChI=1S/C14H14N2.C2H6/c1-3-8-13-12(4-2)14(16-15-13)11-9-6-5-7-10-11;1-2/h3-10,15H,1H2,2H3;1-2H3/b12-4+,13-8+;. The molecule has 1 aromatic carbocycles. The van der Waals surface area contributed by atoms with Crippen molar-refractivity contribution in [2.24, 2.45) is 0 Å². The van der Waals surface area contributed by atoms with Gasteiger partial charge in [0.15, 0.2) is 0 Å². The third-order valence-electron chi connectivity index (χ3n) is 2.45. The zero-order valence-electron chi connectivity index (χ0n) is 11.3. The molecule has 2 nitrogen and oxygen atoms in total. The first-order valence-electron chi connectivity index (χ1n) is 6.25. The summed E-state index contributed by atoms with van der Waals surface area (Å²) in [4.78, 5) is 0. The van der Waals surface area contributed by atoms with Crippen molar-refractivity contribution >= 4 is 12.2 Å². The molecule has 94 valence electrons. The van der Waals surface area contributed by atoms with E-state index in [4.69, 9.17) is 0 Å². The number of hydrogen-bond donors (Lipinski definition) is 1. The van der Waals surface area contributed by atoms with Crippen molar-refractivity contribution in [3.05, 3.63) is 53.6 Å². The lowest BCUT2D eigenvalue weighted by atomic mass is 10.1. The Morgan fingerprint density at radius 3 is 2.39 bits per heavy atom. The van der Waals surface area contributed by atoms with Gasteiger partial charge in [0.05, 0.1) is 11.0 Å². The highest BCUT2D eigenvalue weighted by atomic mass is 15.1. The number of H-pyrrole nitrogens is 1. The van der Waals surface area contributed by atoms with Crippen LogP contribution in [0.2, 0.25) is 0 Å². The van der Waals surface area contributed by atoms with E-state index in [1.165, 1.54) is 0 Å². The van der Waals surface area contributed by atoms with E-state index in [1.807, 2.05) is 45.0 Å². The summed E-state index contributed by atoms with van der Waals surface area (Å²) in [7, 11) is 0. The molecular weight excluding hydrogens is 220 g/mol. The van der Waals surface area contributed by atoms with E-state index in [1.54, 1.807) is 6.08 Å². The minimum absolute atomic E-state index is 0.983. The maximum Gasteiger partial charge on any atom is 0.0996 e. The molecule has 1 aromatic heterocycles. The highest BCUT2D eigenvalue weighted by molar-refractivity contribution is 5.61. The molecule has 1 heterocycles. The first-order chi connectivity index (χ1) is 8.86. The van der Waals surface area contributed by atoms with Crippen molar-refractivity contribution in [2.75, 3.05) is 0 Å². The Morgan fingerprint density at radius 1 is 1.17 bits per heavy atom. The summed E-state index contributed by atoms with van der Waals surface area (Å²) >= 11 is 0.